The zero-order valence-electron chi connectivity index (χ0n) is 14.0. The van der Waals surface area contributed by atoms with Gasteiger partial charge in [-0.1, -0.05) is 6.07 Å². The molecule has 0 spiro atoms. The van der Waals surface area contributed by atoms with E-state index >= 15 is 0 Å². The lowest BCUT2D eigenvalue weighted by molar-refractivity contribution is -0.125. The number of rotatable bonds is 2. The van der Waals surface area contributed by atoms with Gasteiger partial charge in [-0.05, 0) is 41.9 Å². The molecule has 134 valence electrons. The molecule has 0 fully saturated rings. The van der Waals surface area contributed by atoms with Crippen LogP contribution in [0.3, 0.4) is 0 Å². The smallest absolute Gasteiger partial charge is 0.268 e. The molecule has 8 heteroatoms. The summed E-state index contributed by atoms with van der Waals surface area (Å²) >= 11 is 3.17. The summed E-state index contributed by atoms with van der Waals surface area (Å²) in [5, 5.41) is 0. The van der Waals surface area contributed by atoms with Gasteiger partial charge in [-0.25, -0.2) is 13.8 Å². The van der Waals surface area contributed by atoms with Gasteiger partial charge < -0.3 is 9.14 Å². The average molecular weight is 422 g/mol. The van der Waals surface area contributed by atoms with E-state index in [1.54, 1.807) is 30.5 Å². The summed E-state index contributed by atoms with van der Waals surface area (Å²) in [6.07, 6.45) is 0.768. The molecule has 4 rings (SSSR count). The first-order chi connectivity index (χ1) is 12.4. The highest BCUT2D eigenvalue weighted by molar-refractivity contribution is 9.10. The summed E-state index contributed by atoms with van der Waals surface area (Å²) < 4.78 is 35.3. The van der Waals surface area contributed by atoms with Gasteiger partial charge in [0.05, 0.1) is 28.1 Å². The Hall–Kier alpha value is -2.48. The molecular weight excluding hydrogens is 408 g/mol. The van der Waals surface area contributed by atoms with Crippen LogP contribution in [-0.2, 0) is 11.3 Å². The molecule has 3 heterocycles. The van der Waals surface area contributed by atoms with E-state index in [0.717, 1.165) is 0 Å². The number of benzene rings is 1. The van der Waals surface area contributed by atoms with Crippen LogP contribution in [0.2, 0.25) is 0 Å². The number of nitrogens with zero attached hydrogens (tertiary/aromatic N) is 3. The molecule has 1 aromatic carbocycles. The van der Waals surface area contributed by atoms with Crippen molar-refractivity contribution in [2.75, 3.05) is 4.90 Å². The highest BCUT2D eigenvalue weighted by Crippen LogP contribution is 2.37. The Labute approximate surface area is 156 Å². The van der Waals surface area contributed by atoms with E-state index in [4.69, 9.17) is 4.74 Å². The summed E-state index contributed by atoms with van der Waals surface area (Å²) in [7, 11) is 0. The number of aryl methyl sites for hydroxylation is 1. The first kappa shape index (κ1) is 17.0. The quantitative estimate of drug-likeness (QED) is 0.628. The number of amides is 1. The number of pyridine rings is 1. The van der Waals surface area contributed by atoms with E-state index in [9.17, 15) is 13.6 Å². The van der Waals surface area contributed by atoms with Crippen LogP contribution in [0.25, 0.3) is 5.65 Å². The Kier molecular flexibility index (Phi) is 3.95. The van der Waals surface area contributed by atoms with Crippen LogP contribution >= 0.6 is 15.9 Å². The standard InChI is InChI=1S/C18H14BrF2N3O2/c1-9-15(23-7-11(19)13(21)6-16(23)22-9)8-24-14-5-3-4-12(20)17(14)26-10(2)18(24)25/h3-7,10H,8H2,1-2H3/t10-/m1/s1. The van der Waals surface area contributed by atoms with Gasteiger partial charge in [0.1, 0.15) is 11.5 Å². The number of carbonyl (C=O) groups is 1. The second-order valence-corrected chi connectivity index (χ2v) is 6.97. The highest BCUT2D eigenvalue weighted by Gasteiger charge is 2.34. The van der Waals surface area contributed by atoms with Gasteiger partial charge >= 0.3 is 0 Å². The number of aromatic nitrogens is 2. The van der Waals surface area contributed by atoms with E-state index < -0.39 is 17.7 Å². The van der Waals surface area contributed by atoms with E-state index in [1.165, 1.54) is 23.1 Å². The lowest BCUT2D eigenvalue weighted by atomic mass is 10.1. The Morgan fingerprint density at radius 2 is 2.08 bits per heavy atom. The van der Waals surface area contributed by atoms with E-state index in [0.29, 0.717) is 22.7 Å². The second-order valence-electron chi connectivity index (χ2n) is 6.11. The Bertz CT molecular complexity index is 1050. The topological polar surface area (TPSA) is 46.8 Å². The minimum absolute atomic E-state index is 0.0540. The summed E-state index contributed by atoms with van der Waals surface area (Å²) in [4.78, 5) is 18.5. The number of imidazole rings is 1. The zero-order valence-corrected chi connectivity index (χ0v) is 15.5. The lowest BCUT2D eigenvalue weighted by Crippen LogP contribution is -2.44. The van der Waals surface area contributed by atoms with Crippen LogP contribution in [0, 0.1) is 18.6 Å². The number of halogens is 3. The molecule has 5 nitrogen and oxygen atoms in total. The Morgan fingerprint density at radius 3 is 2.85 bits per heavy atom. The third kappa shape index (κ3) is 2.56. The van der Waals surface area contributed by atoms with Crippen molar-refractivity contribution in [2.45, 2.75) is 26.5 Å². The van der Waals surface area contributed by atoms with Crippen molar-refractivity contribution in [1.29, 1.82) is 0 Å². The van der Waals surface area contributed by atoms with Gasteiger partial charge in [0.25, 0.3) is 5.91 Å². The van der Waals surface area contributed by atoms with Crippen molar-refractivity contribution >= 4 is 33.2 Å². The minimum Gasteiger partial charge on any atom is -0.476 e. The minimum atomic E-state index is -0.803. The number of ether oxygens (including phenoxy) is 1. The fourth-order valence-electron chi connectivity index (χ4n) is 3.10. The van der Waals surface area contributed by atoms with Crippen LogP contribution in [-0.4, -0.2) is 21.4 Å². The first-order valence-electron chi connectivity index (χ1n) is 7.96. The maximum Gasteiger partial charge on any atom is 0.268 e. The molecule has 2 aromatic heterocycles. The predicted octanol–water partition coefficient (Wildman–Crippen LogP) is 4.00. The van der Waals surface area contributed by atoms with Crippen molar-refractivity contribution in [1.82, 2.24) is 9.38 Å². The number of carbonyl (C=O) groups excluding carboxylic acids is 1. The molecule has 1 amide bonds. The molecule has 0 unspecified atom stereocenters. The third-order valence-electron chi connectivity index (χ3n) is 4.42. The number of fused-ring (bicyclic) bond motifs is 2. The van der Waals surface area contributed by atoms with Crippen molar-refractivity contribution in [3.8, 4) is 5.75 Å². The van der Waals surface area contributed by atoms with Crippen molar-refractivity contribution in [3.63, 3.8) is 0 Å². The van der Waals surface area contributed by atoms with Crippen LogP contribution < -0.4 is 9.64 Å². The van der Waals surface area contributed by atoms with Crippen molar-refractivity contribution < 1.29 is 18.3 Å². The molecule has 3 aromatic rings. The first-order valence-corrected chi connectivity index (χ1v) is 8.75. The zero-order chi connectivity index (χ0) is 18.6. The fourth-order valence-corrected chi connectivity index (χ4v) is 3.42. The third-order valence-corrected chi connectivity index (χ3v) is 5.00. The van der Waals surface area contributed by atoms with Crippen LogP contribution in [0.1, 0.15) is 18.3 Å². The highest BCUT2D eigenvalue weighted by atomic mass is 79.9. The van der Waals surface area contributed by atoms with Crippen LogP contribution in [0.5, 0.6) is 5.75 Å². The number of hydrogen-bond acceptors (Lipinski definition) is 3. The van der Waals surface area contributed by atoms with Crippen molar-refractivity contribution in [3.05, 3.63) is 58.0 Å². The van der Waals surface area contributed by atoms with Gasteiger partial charge in [-0.15, -0.1) is 0 Å². The maximum absolute atomic E-state index is 14.1. The van der Waals surface area contributed by atoms with Gasteiger partial charge in [0.2, 0.25) is 0 Å². The SMILES string of the molecule is Cc1nc2cc(F)c(Br)cn2c1CN1C(=O)[C@@H](C)Oc2c(F)cccc21. The van der Waals surface area contributed by atoms with Crippen LogP contribution in [0.4, 0.5) is 14.5 Å². The largest absolute Gasteiger partial charge is 0.476 e. The lowest BCUT2D eigenvalue weighted by Gasteiger charge is -2.33. The molecule has 0 aliphatic carbocycles. The Morgan fingerprint density at radius 1 is 1.31 bits per heavy atom. The summed E-state index contributed by atoms with van der Waals surface area (Å²) in [5.74, 6) is -1.17. The molecule has 26 heavy (non-hydrogen) atoms. The van der Waals surface area contributed by atoms with Gasteiger partial charge in [-0.3, -0.25) is 9.69 Å². The Balaban J connectivity index is 1.84. The average Bonchev–Trinajstić information content (AvgIpc) is 2.88. The normalized spacial score (nSPS) is 16.7. The predicted molar refractivity (Wildman–Crippen MR) is 95.3 cm³/mol. The van der Waals surface area contributed by atoms with Gasteiger partial charge in [0, 0.05) is 12.3 Å². The molecule has 0 bridgehead atoms. The van der Waals surface area contributed by atoms with Gasteiger partial charge in [-0.2, -0.15) is 0 Å². The van der Waals surface area contributed by atoms with Gasteiger partial charge in [0.15, 0.2) is 17.7 Å². The molecule has 0 N–H and O–H groups in total. The molecular formula is C18H14BrF2N3O2. The van der Waals surface area contributed by atoms with Crippen molar-refractivity contribution in [2.24, 2.45) is 0 Å². The molecule has 1 atom stereocenters. The van der Waals surface area contributed by atoms with E-state index in [2.05, 4.69) is 20.9 Å². The molecule has 0 radical (unpaired) electrons. The summed E-state index contributed by atoms with van der Waals surface area (Å²) in [6, 6.07) is 5.77. The molecule has 1 aliphatic heterocycles. The molecule has 0 saturated carbocycles. The van der Waals surface area contributed by atoms with Crippen LogP contribution in [0.15, 0.2) is 34.9 Å². The molecule has 0 saturated heterocycles. The van der Waals surface area contributed by atoms with E-state index in [-0.39, 0.29) is 22.7 Å². The maximum atomic E-state index is 14.1. The summed E-state index contributed by atoms with van der Waals surface area (Å²) in [5.41, 5.74) is 2.17. The monoisotopic (exact) mass is 421 g/mol. The summed E-state index contributed by atoms with van der Waals surface area (Å²) in [6.45, 7) is 3.53. The number of hydrogen-bond donors (Lipinski definition) is 0. The molecule has 1 aliphatic rings. The number of anilines is 1. The number of para-hydroxylation sites is 1. The second kappa shape index (κ2) is 6.05. The van der Waals surface area contributed by atoms with E-state index in [1.807, 2.05) is 0 Å². The fraction of sp³-hybridized carbons (Fsp3) is 0.222.